The highest BCUT2D eigenvalue weighted by atomic mass is 32.2. The molecule has 0 unspecified atom stereocenters. The molecule has 0 saturated heterocycles. The van der Waals surface area contributed by atoms with Crippen LogP contribution in [0.4, 0.5) is 5.69 Å². The van der Waals surface area contributed by atoms with Crippen molar-refractivity contribution in [3.63, 3.8) is 0 Å². The molecule has 2 aromatic heterocycles. The number of anilines is 1. The molecule has 1 N–H and O–H groups in total. The number of aromatic nitrogens is 3. The van der Waals surface area contributed by atoms with Gasteiger partial charge in [-0.15, -0.1) is 0 Å². The van der Waals surface area contributed by atoms with Crippen molar-refractivity contribution in [3.05, 3.63) is 64.4 Å². The maximum atomic E-state index is 13.0. The van der Waals surface area contributed by atoms with Crippen LogP contribution in [-0.4, -0.2) is 32.7 Å². The van der Waals surface area contributed by atoms with Gasteiger partial charge in [0.15, 0.2) is 5.16 Å². The number of hydrogen-bond donors (Lipinski definition) is 1. The van der Waals surface area contributed by atoms with Crippen LogP contribution >= 0.6 is 11.8 Å². The molecule has 146 valence electrons. The number of benzene rings is 2. The summed E-state index contributed by atoms with van der Waals surface area (Å²) >= 11 is 1.33. The minimum absolute atomic E-state index is 0.0378. The van der Waals surface area contributed by atoms with Gasteiger partial charge in [0.1, 0.15) is 11.0 Å². The summed E-state index contributed by atoms with van der Waals surface area (Å²) in [5, 5.41) is 1.50. The van der Waals surface area contributed by atoms with Crippen molar-refractivity contribution in [1.82, 2.24) is 14.5 Å². The predicted octanol–water partition coefficient (Wildman–Crippen LogP) is 3.58. The molecule has 1 aliphatic rings. The molecule has 2 aromatic carbocycles. The number of rotatable bonds is 4. The van der Waals surface area contributed by atoms with E-state index >= 15 is 0 Å². The number of aromatic amines is 1. The van der Waals surface area contributed by atoms with Crippen molar-refractivity contribution in [2.24, 2.45) is 0 Å². The first kappa shape index (κ1) is 18.0. The Bertz CT molecular complexity index is 1310. The van der Waals surface area contributed by atoms with Crippen molar-refractivity contribution in [1.29, 1.82) is 0 Å². The molecule has 7 heteroatoms. The number of nitrogens with one attached hydrogen (secondary N) is 1. The van der Waals surface area contributed by atoms with E-state index in [4.69, 9.17) is 4.98 Å². The van der Waals surface area contributed by atoms with Crippen LogP contribution in [0.2, 0.25) is 0 Å². The summed E-state index contributed by atoms with van der Waals surface area (Å²) in [6.45, 7) is 3.12. The van der Waals surface area contributed by atoms with E-state index in [-0.39, 0.29) is 17.2 Å². The summed E-state index contributed by atoms with van der Waals surface area (Å²) in [5.41, 5.74) is 4.16. The number of nitrogens with zero attached hydrogens (tertiary/aromatic N) is 3. The Kier molecular flexibility index (Phi) is 4.39. The maximum Gasteiger partial charge on any atom is 0.278 e. The van der Waals surface area contributed by atoms with E-state index in [2.05, 4.69) is 11.1 Å². The molecule has 0 spiro atoms. The highest BCUT2D eigenvalue weighted by Gasteiger charge is 2.25. The van der Waals surface area contributed by atoms with Crippen LogP contribution in [0.25, 0.3) is 21.9 Å². The Hall–Kier alpha value is -3.06. The first-order valence-electron chi connectivity index (χ1n) is 9.69. The largest absolute Gasteiger partial charge is 0.349 e. The monoisotopic (exact) mass is 404 g/mol. The van der Waals surface area contributed by atoms with Crippen LogP contribution in [0, 0.1) is 0 Å². The summed E-state index contributed by atoms with van der Waals surface area (Å²) in [6, 6.07) is 15.8. The van der Waals surface area contributed by atoms with Gasteiger partial charge in [-0.2, -0.15) is 0 Å². The molecule has 0 aliphatic carbocycles. The molecule has 0 saturated carbocycles. The highest BCUT2D eigenvalue weighted by Crippen LogP contribution is 2.29. The zero-order chi connectivity index (χ0) is 20.0. The van der Waals surface area contributed by atoms with Gasteiger partial charge in [0.05, 0.1) is 5.75 Å². The smallest absolute Gasteiger partial charge is 0.278 e. The number of para-hydroxylation sites is 2. The third-order valence-corrected chi connectivity index (χ3v) is 6.37. The van der Waals surface area contributed by atoms with Crippen molar-refractivity contribution in [2.45, 2.75) is 25.0 Å². The van der Waals surface area contributed by atoms with E-state index in [1.165, 1.54) is 17.3 Å². The van der Waals surface area contributed by atoms with Gasteiger partial charge in [0.25, 0.3) is 5.56 Å². The van der Waals surface area contributed by atoms with Gasteiger partial charge < -0.3 is 9.88 Å². The molecule has 0 bridgehead atoms. The fourth-order valence-electron chi connectivity index (χ4n) is 3.97. The second-order valence-corrected chi connectivity index (χ2v) is 7.99. The molecule has 0 radical (unpaired) electrons. The van der Waals surface area contributed by atoms with Crippen LogP contribution in [0.15, 0.2) is 58.5 Å². The normalized spacial score (nSPS) is 13.3. The van der Waals surface area contributed by atoms with Crippen LogP contribution < -0.4 is 10.5 Å². The molecule has 1 aliphatic heterocycles. The first-order chi connectivity index (χ1) is 14.2. The topological polar surface area (TPSA) is 71.0 Å². The maximum absolute atomic E-state index is 13.0. The Labute approximate surface area is 171 Å². The minimum Gasteiger partial charge on any atom is -0.349 e. The zero-order valence-electron chi connectivity index (χ0n) is 16.0. The van der Waals surface area contributed by atoms with Gasteiger partial charge in [-0.05, 0) is 31.0 Å². The molecule has 0 fully saturated rings. The number of thioether (sulfide) groups is 1. The molecular weight excluding hydrogens is 384 g/mol. The number of carbonyl (C=O) groups excluding carboxylic acids is 1. The van der Waals surface area contributed by atoms with Crippen molar-refractivity contribution < 1.29 is 4.79 Å². The quantitative estimate of drug-likeness (QED) is 0.417. The Morgan fingerprint density at radius 2 is 1.97 bits per heavy atom. The Balaban J connectivity index is 1.48. The number of hydrogen-bond acceptors (Lipinski definition) is 4. The van der Waals surface area contributed by atoms with Gasteiger partial charge in [0.2, 0.25) is 5.91 Å². The van der Waals surface area contributed by atoms with Crippen LogP contribution in [-0.2, 0) is 17.8 Å². The minimum atomic E-state index is -0.102. The molecule has 29 heavy (non-hydrogen) atoms. The third kappa shape index (κ3) is 2.93. The van der Waals surface area contributed by atoms with E-state index < -0.39 is 0 Å². The molecule has 6 nitrogen and oxygen atoms in total. The zero-order valence-corrected chi connectivity index (χ0v) is 16.8. The van der Waals surface area contributed by atoms with Crippen molar-refractivity contribution in [2.75, 3.05) is 17.2 Å². The van der Waals surface area contributed by atoms with E-state index in [1.807, 2.05) is 54.3 Å². The second-order valence-electron chi connectivity index (χ2n) is 7.05. The molecule has 5 rings (SSSR count). The first-order valence-corrected chi connectivity index (χ1v) is 10.7. The van der Waals surface area contributed by atoms with Gasteiger partial charge >= 0.3 is 0 Å². The molecule has 1 amide bonds. The molecule has 4 aromatic rings. The summed E-state index contributed by atoms with van der Waals surface area (Å²) in [6.07, 6.45) is 0.881. The van der Waals surface area contributed by atoms with Crippen molar-refractivity contribution in [3.8, 4) is 0 Å². The Morgan fingerprint density at radius 1 is 1.17 bits per heavy atom. The third-order valence-electron chi connectivity index (χ3n) is 5.41. The fourth-order valence-corrected chi connectivity index (χ4v) is 4.90. The molecular formula is C22H20N4O2S. The SMILES string of the molecule is CCn1c(SCC(=O)N2CCc3ccccc32)nc2c([nH]c3ccccc32)c1=O. The lowest BCUT2D eigenvalue weighted by Gasteiger charge is -2.17. The van der Waals surface area contributed by atoms with Crippen LogP contribution in [0.1, 0.15) is 12.5 Å². The van der Waals surface area contributed by atoms with Gasteiger partial charge in [-0.1, -0.05) is 48.2 Å². The lowest BCUT2D eigenvalue weighted by molar-refractivity contribution is -0.116. The number of carbonyl (C=O) groups is 1. The summed E-state index contributed by atoms with van der Waals surface area (Å²) in [4.78, 5) is 35.7. The molecule has 0 atom stereocenters. The van der Waals surface area contributed by atoms with Crippen LogP contribution in [0.3, 0.4) is 0 Å². The average molecular weight is 404 g/mol. The van der Waals surface area contributed by atoms with E-state index in [9.17, 15) is 9.59 Å². The average Bonchev–Trinajstić information content (AvgIpc) is 3.34. The van der Waals surface area contributed by atoms with Gasteiger partial charge in [0, 0.05) is 29.7 Å². The number of amides is 1. The second kappa shape index (κ2) is 7.08. The van der Waals surface area contributed by atoms with Gasteiger partial charge in [-0.3, -0.25) is 14.2 Å². The standard InChI is InChI=1S/C22H20N4O2S/c1-2-25-21(28)20-19(15-8-4-5-9-16(15)23-20)24-22(25)29-13-18(27)26-12-11-14-7-3-6-10-17(14)26/h3-10,23H,2,11-13H2,1H3. The molecule has 3 heterocycles. The number of fused-ring (bicyclic) bond motifs is 4. The highest BCUT2D eigenvalue weighted by molar-refractivity contribution is 7.99. The summed E-state index contributed by atoms with van der Waals surface area (Å²) < 4.78 is 1.63. The summed E-state index contributed by atoms with van der Waals surface area (Å²) in [7, 11) is 0. The van der Waals surface area contributed by atoms with E-state index in [1.54, 1.807) is 4.57 Å². The van der Waals surface area contributed by atoms with E-state index in [0.29, 0.717) is 29.3 Å². The predicted molar refractivity (Wildman–Crippen MR) is 117 cm³/mol. The van der Waals surface area contributed by atoms with Crippen LogP contribution in [0.5, 0.6) is 0 Å². The summed E-state index contributed by atoms with van der Waals surface area (Å²) in [5.74, 6) is 0.283. The fraction of sp³-hybridized carbons (Fsp3) is 0.227. The number of H-pyrrole nitrogens is 1. The Morgan fingerprint density at radius 3 is 2.83 bits per heavy atom. The van der Waals surface area contributed by atoms with Crippen molar-refractivity contribution >= 4 is 45.3 Å². The lowest BCUT2D eigenvalue weighted by atomic mass is 10.2. The lowest BCUT2D eigenvalue weighted by Crippen LogP contribution is -2.31. The van der Waals surface area contributed by atoms with Gasteiger partial charge in [-0.25, -0.2) is 4.98 Å². The van der Waals surface area contributed by atoms with E-state index in [0.717, 1.165) is 23.0 Å².